The summed E-state index contributed by atoms with van der Waals surface area (Å²) >= 11 is 0. The summed E-state index contributed by atoms with van der Waals surface area (Å²) < 4.78 is 4.98. The van der Waals surface area contributed by atoms with Crippen molar-refractivity contribution >= 4 is 11.8 Å². The van der Waals surface area contributed by atoms with E-state index >= 15 is 0 Å². The van der Waals surface area contributed by atoms with Crippen molar-refractivity contribution < 1.29 is 14.3 Å². The SMILES string of the molecule is COCC(=O)N1CCC[C@H](c2nc(C)c(CC(=O)NC3CCCC3)c(C)n2)C1. The van der Waals surface area contributed by atoms with Crippen LogP contribution in [0.5, 0.6) is 0 Å². The van der Waals surface area contributed by atoms with E-state index in [0.717, 1.165) is 55.0 Å². The second-order valence-electron chi connectivity index (χ2n) is 8.07. The highest BCUT2D eigenvalue weighted by Gasteiger charge is 2.27. The third-order valence-electron chi connectivity index (χ3n) is 5.90. The van der Waals surface area contributed by atoms with Gasteiger partial charge in [-0.15, -0.1) is 0 Å². The van der Waals surface area contributed by atoms with Gasteiger partial charge in [-0.1, -0.05) is 12.8 Å². The minimum absolute atomic E-state index is 0.0147. The van der Waals surface area contributed by atoms with Crippen LogP contribution in [0, 0.1) is 13.8 Å². The third-order valence-corrected chi connectivity index (χ3v) is 5.90. The number of aromatic nitrogens is 2. The lowest BCUT2D eigenvalue weighted by atomic mass is 9.96. The fourth-order valence-electron chi connectivity index (χ4n) is 4.34. The number of hydrogen-bond acceptors (Lipinski definition) is 5. The zero-order valence-electron chi connectivity index (χ0n) is 17.3. The number of ether oxygens (including phenoxy) is 1. The molecule has 0 spiro atoms. The molecule has 1 aliphatic carbocycles. The average Bonchev–Trinajstić information content (AvgIpc) is 3.18. The standard InChI is InChI=1S/C21H32N4O3/c1-14-18(11-19(26)24-17-8-4-5-9-17)15(2)23-21(22-14)16-7-6-10-25(12-16)20(27)13-28-3/h16-17H,4-13H2,1-3H3,(H,24,26)/t16-/m0/s1. The highest BCUT2D eigenvalue weighted by molar-refractivity contribution is 5.79. The maximum Gasteiger partial charge on any atom is 0.248 e. The maximum atomic E-state index is 12.4. The first kappa shape index (κ1) is 20.7. The van der Waals surface area contributed by atoms with Crippen LogP contribution >= 0.6 is 0 Å². The largest absolute Gasteiger partial charge is 0.375 e. The van der Waals surface area contributed by atoms with Gasteiger partial charge in [0.05, 0.1) is 6.42 Å². The molecule has 1 aromatic rings. The Morgan fingerprint density at radius 2 is 1.79 bits per heavy atom. The van der Waals surface area contributed by atoms with Gasteiger partial charge in [0.2, 0.25) is 11.8 Å². The summed E-state index contributed by atoms with van der Waals surface area (Å²) in [6.07, 6.45) is 6.80. The molecule has 0 unspecified atom stereocenters. The normalized spacial score (nSPS) is 20.4. The molecule has 2 heterocycles. The summed E-state index contributed by atoms with van der Waals surface area (Å²) in [7, 11) is 1.54. The second kappa shape index (κ2) is 9.45. The van der Waals surface area contributed by atoms with E-state index in [1.807, 2.05) is 18.7 Å². The Morgan fingerprint density at radius 3 is 2.43 bits per heavy atom. The first-order valence-electron chi connectivity index (χ1n) is 10.4. The molecule has 1 aromatic heterocycles. The van der Waals surface area contributed by atoms with Crippen molar-refractivity contribution in [1.82, 2.24) is 20.2 Å². The van der Waals surface area contributed by atoms with Crippen molar-refractivity contribution in [1.29, 1.82) is 0 Å². The lowest BCUT2D eigenvalue weighted by molar-refractivity contribution is -0.136. The Hall–Kier alpha value is -2.02. The molecule has 0 bridgehead atoms. The second-order valence-corrected chi connectivity index (χ2v) is 8.07. The van der Waals surface area contributed by atoms with Crippen LogP contribution in [-0.2, 0) is 20.7 Å². The molecule has 2 amide bonds. The number of nitrogens with zero attached hydrogens (tertiary/aromatic N) is 3. The van der Waals surface area contributed by atoms with E-state index in [9.17, 15) is 9.59 Å². The van der Waals surface area contributed by atoms with Crippen LogP contribution in [0.15, 0.2) is 0 Å². The summed E-state index contributed by atoms with van der Waals surface area (Å²) in [4.78, 5) is 35.8. The fraction of sp³-hybridized carbons (Fsp3) is 0.714. The van der Waals surface area contributed by atoms with Crippen molar-refractivity contribution in [2.45, 2.75) is 70.8 Å². The third kappa shape index (κ3) is 5.07. The Labute approximate surface area is 167 Å². The topological polar surface area (TPSA) is 84.4 Å². The first-order chi connectivity index (χ1) is 13.5. The molecule has 0 radical (unpaired) electrons. The van der Waals surface area contributed by atoms with E-state index in [-0.39, 0.29) is 24.3 Å². The molecular formula is C21H32N4O3. The Balaban J connectivity index is 1.67. The summed E-state index contributed by atoms with van der Waals surface area (Å²) in [5.74, 6) is 0.988. The van der Waals surface area contributed by atoms with E-state index < -0.39 is 0 Å². The van der Waals surface area contributed by atoms with Crippen molar-refractivity contribution in [2.24, 2.45) is 0 Å². The highest BCUT2D eigenvalue weighted by Crippen LogP contribution is 2.26. The zero-order chi connectivity index (χ0) is 20.1. The maximum absolute atomic E-state index is 12.4. The molecular weight excluding hydrogens is 356 g/mol. The number of piperidine rings is 1. The predicted molar refractivity (Wildman–Crippen MR) is 106 cm³/mol. The first-order valence-corrected chi connectivity index (χ1v) is 10.4. The van der Waals surface area contributed by atoms with E-state index in [1.165, 1.54) is 20.0 Å². The van der Waals surface area contributed by atoms with Gasteiger partial charge in [0.25, 0.3) is 0 Å². The molecule has 7 heteroatoms. The van der Waals surface area contributed by atoms with E-state index in [4.69, 9.17) is 14.7 Å². The van der Waals surface area contributed by atoms with Crippen molar-refractivity contribution in [3.8, 4) is 0 Å². The predicted octanol–water partition coefficient (Wildman–Crippen LogP) is 2.05. The molecule has 1 saturated heterocycles. The number of methoxy groups -OCH3 is 1. The molecule has 1 N–H and O–H groups in total. The van der Waals surface area contributed by atoms with Crippen LogP contribution < -0.4 is 5.32 Å². The van der Waals surface area contributed by atoms with Gasteiger partial charge in [0.1, 0.15) is 12.4 Å². The quantitative estimate of drug-likeness (QED) is 0.806. The summed E-state index contributed by atoms with van der Waals surface area (Å²) in [6, 6.07) is 0.325. The molecule has 7 nitrogen and oxygen atoms in total. The van der Waals surface area contributed by atoms with Gasteiger partial charge in [-0.3, -0.25) is 9.59 Å². The lowest BCUT2D eigenvalue weighted by Crippen LogP contribution is -2.41. The smallest absolute Gasteiger partial charge is 0.248 e. The fourth-order valence-corrected chi connectivity index (χ4v) is 4.34. The number of rotatable bonds is 6. The molecule has 2 aliphatic rings. The molecule has 1 saturated carbocycles. The number of carbonyl (C=O) groups is 2. The molecule has 28 heavy (non-hydrogen) atoms. The van der Waals surface area contributed by atoms with E-state index in [0.29, 0.717) is 19.0 Å². The number of aryl methyl sites for hydroxylation is 2. The summed E-state index contributed by atoms with van der Waals surface area (Å²) in [5.41, 5.74) is 2.65. The number of carbonyl (C=O) groups excluding carboxylic acids is 2. The van der Waals surface area contributed by atoms with Gasteiger partial charge in [-0.05, 0) is 39.5 Å². The Kier molecular flexibility index (Phi) is 6.99. The minimum Gasteiger partial charge on any atom is -0.375 e. The van der Waals surface area contributed by atoms with Crippen molar-refractivity contribution in [3.63, 3.8) is 0 Å². The van der Waals surface area contributed by atoms with E-state index in [1.54, 1.807) is 0 Å². The van der Waals surface area contributed by atoms with Crippen LogP contribution in [0.2, 0.25) is 0 Å². The van der Waals surface area contributed by atoms with Gasteiger partial charge in [0, 0.05) is 49.1 Å². The van der Waals surface area contributed by atoms with Crippen LogP contribution in [-0.4, -0.2) is 59.5 Å². The molecule has 2 fully saturated rings. The average molecular weight is 389 g/mol. The monoisotopic (exact) mass is 388 g/mol. The van der Waals surface area contributed by atoms with E-state index in [2.05, 4.69) is 5.32 Å². The number of nitrogens with one attached hydrogen (secondary N) is 1. The van der Waals surface area contributed by atoms with Gasteiger partial charge < -0.3 is 15.0 Å². The number of amides is 2. The minimum atomic E-state index is 0.0147. The summed E-state index contributed by atoms with van der Waals surface area (Å²) in [5, 5.41) is 3.14. The van der Waals surface area contributed by atoms with Crippen LogP contribution in [0.3, 0.4) is 0 Å². The number of hydrogen-bond donors (Lipinski definition) is 1. The molecule has 1 atom stereocenters. The molecule has 154 valence electrons. The highest BCUT2D eigenvalue weighted by atomic mass is 16.5. The van der Waals surface area contributed by atoms with Gasteiger partial charge in [0.15, 0.2) is 0 Å². The van der Waals surface area contributed by atoms with Crippen LogP contribution in [0.1, 0.15) is 67.2 Å². The molecule has 1 aliphatic heterocycles. The van der Waals surface area contributed by atoms with Crippen LogP contribution in [0.25, 0.3) is 0 Å². The van der Waals surface area contributed by atoms with Crippen LogP contribution in [0.4, 0.5) is 0 Å². The van der Waals surface area contributed by atoms with Gasteiger partial charge >= 0.3 is 0 Å². The number of likely N-dealkylation sites (tertiary alicyclic amines) is 1. The molecule has 3 rings (SSSR count). The van der Waals surface area contributed by atoms with Crippen molar-refractivity contribution in [2.75, 3.05) is 26.8 Å². The Morgan fingerprint density at radius 1 is 1.11 bits per heavy atom. The molecule has 0 aromatic carbocycles. The van der Waals surface area contributed by atoms with Crippen molar-refractivity contribution in [3.05, 3.63) is 22.8 Å². The van der Waals surface area contributed by atoms with Gasteiger partial charge in [-0.25, -0.2) is 9.97 Å². The van der Waals surface area contributed by atoms with Gasteiger partial charge in [-0.2, -0.15) is 0 Å². The summed E-state index contributed by atoms with van der Waals surface area (Å²) in [6.45, 7) is 5.40. The lowest BCUT2D eigenvalue weighted by Gasteiger charge is -2.32. The zero-order valence-corrected chi connectivity index (χ0v) is 17.3. The Bertz CT molecular complexity index is 693.